The topological polar surface area (TPSA) is 102 Å². The van der Waals surface area contributed by atoms with Crippen molar-refractivity contribution in [3.63, 3.8) is 0 Å². The first-order valence-corrected chi connectivity index (χ1v) is 7.38. The van der Waals surface area contributed by atoms with Crippen molar-refractivity contribution in [2.45, 2.75) is 51.7 Å². The fourth-order valence-electron chi connectivity index (χ4n) is 2.21. The molecule has 0 saturated carbocycles. The van der Waals surface area contributed by atoms with Crippen LogP contribution in [0.4, 0.5) is 9.59 Å². The maximum Gasteiger partial charge on any atom is 0.534 e. The maximum atomic E-state index is 11.9. The van der Waals surface area contributed by atoms with E-state index in [4.69, 9.17) is 9.47 Å². The molecule has 128 valence electrons. The Bertz CT molecular complexity index is 510. The molecule has 2 heterocycles. The third-order valence-corrected chi connectivity index (χ3v) is 3.23. The molecule has 0 radical (unpaired) electrons. The molecule has 2 fully saturated rings. The first-order chi connectivity index (χ1) is 10.7. The van der Waals surface area contributed by atoms with E-state index in [2.05, 4.69) is 4.84 Å². The Morgan fingerprint density at radius 2 is 1.74 bits per heavy atom. The minimum absolute atomic E-state index is 0.0158. The van der Waals surface area contributed by atoms with Gasteiger partial charge in [0.25, 0.3) is 11.8 Å². The van der Waals surface area contributed by atoms with E-state index in [-0.39, 0.29) is 19.4 Å². The van der Waals surface area contributed by atoms with Gasteiger partial charge in [-0.05, 0) is 20.8 Å². The summed E-state index contributed by atoms with van der Waals surface area (Å²) in [5, 5.41) is 0.420. The Hall–Kier alpha value is -2.32. The number of hydroxylamine groups is 2. The molecule has 0 spiro atoms. The highest BCUT2D eigenvalue weighted by Gasteiger charge is 2.36. The molecule has 3 amide bonds. The van der Waals surface area contributed by atoms with Gasteiger partial charge in [0, 0.05) is 25.8 Å². The number of carbonyl (C=O) groups excluding carboxylic acids is 4. The van der Waals surface area contributed by atoms with Crippen molar-refractivity contribution in [1.29, 1.82) is 0 Å². The summed E-state index contributed by atoms with van der Waals surface area (Å²) in [4.78, 5) is 52.2. The molecule has 0 aromatic carbocycles. The molecular weight excluding hydrogens is 308 g/mol. The average molecular weight is 328 g/mol. The van der Waals surface area contributed by atoms with Crippen LogP contribution in [0.15, 0.2) is 0 Å². The first kappa shape index (κ1) is 17.0. The zero-order valence-corrected chi connectivity index (χ0v) is 13.4. The minimum Gasteiger partial charge on any atom is -0.444 e. The van der Waals surface area contributed by atoms with Crippen LogP contribution in [0.25, 0.3) is 0 Å². The summed E-state index contributed by atoms with van der Waals surface area (Å²) in [6.07, 6.45) is -1.73. The third kappa shape index (κ3) is 4.57. The smallest absolute Gasteiger partial charge is 0.444 e. The van der Waals surface area contributed by atoms with Crippen LogP contribution in [-0.4, -0.2) is 58.8 Å². The zero-order chi connectivity index (χ0) is 17.2. The van der Waals surface area contributed by atoms with E-state index < -0.39 is 35.8 Å². The maximum absolute atomic E-state index is 11.9. The molecule has 9 nitrogen and oxygen atoms in total. The number of ether oxygens (including phenoxy) is 2. The quantitative estimate of drug-likeness (QED) is 0.554. The summed E-state index contributed by atoms with van der Waals surface area (Å²) in [5.41, 5.74) is -0.606. The van der Waals surface area contributed by atoms with Crippen LogP contribution in [0.3, 0.4) is 0 Å². The van der Waals surface area contributed by atoms with Crippen molar-refractivity contribution in [3.8, 4) is 0 Å². The van der Waals surface area contributed by atoms with Crippen molar-refractivity contribution in [3.05, 3.63) is 0 Å². The summed E-state index contributed by atoms with van der Waals surface area (Å²) in [5.74, 6) is -1.15. The average Bonchev–Trinajstić information content (AvgIpc) is 2.99. The lowest BCUT2D eigenvalue weighted by Gasteiger charge is -2.24. The van der Waals surface area contributed by atoms with Gasteiger partial charge in [-0.1, -0.05) is 5.06 Å². The van der Waals surface area contributed by atoms with E-state index in [1.807, 2.05) is 0 Å². The molecule has 0 aromatic heterocycles. The molecule has 23 heavy (non-hydrogen) atoms. The number of hydrogen-bond acceptors (Lipinski definition) is 7. The monoisotopic (exact) mass is 328 g/mol. The number of amides is 3. The third-order valence-electron chi connectivity index (χ3n) is 3.23. The van der Waals surface area contributed by atoms with Crippen molar-refractivity contribution >= 4 is 24.1 Å². The fraction of sp³-hybridized carbons (Fsp3) is 0.714. The Kier molecular flexibility index (Phi) is 4.76. The Morgan fingerprint density at radius 3 is 2.30 bits per heavy atom. The highest BCUT2D eigenvalue weighted by molar-refractivity contribution is 6.01. The molecule has 0 aromatic rings. The molecule has 0 N–H and O–H groups in total. The molecule has 2 aliphatic heterocycles. The van der Waals surface area contributed by atoms with E-state index in [1.165, 1.54) is 4.90 Å². The standard InChI is InChI=1S/C14H20N2O7/c1-14(2,3)22-12(19)15-7-6-9(8-15)21-13(20)23-16-10(17)4-5-11(16)18/h9H,4-8H2,1-3H3/t9-/m0/s1. The lowest BCUT2D eigenvalue weighted by molar-refractivity contribution is -0.178. The predicted octanol–water partition coefficient (Wildman–Crippen LogP) is 1.21. The molecule has 2 saturated heterocycles. The number of rotatable bonds is 2. The van der Waals surface area contributed by atoms with Gasteiger partial charge in [-0.2, -0.15) is 0 Å². The summed E-state index contributed by atoms with van der Waals surface area (Å²) < 4.78 is 10.3. The Balaban J connectivity index is 1.79. The SMILES string of the molecule is CC(C)(C)OC(=O)N1CC[C@H](OC(=O)ON2C(=O)CCC2=O)C1. The Morgan fingerprint density at radius 1 is 1.13 bits per heavy atom. The summed E-state index contributed by atoms with van der Waals surface area (Å²) >= 11 is 0. The molecule has 2 aliphatic rings. The second-order valence-corrected chi connectivity index (χ2v) is 6.38. The van der Waals surface area contributed by atoms with Gasteiger partial charge in [0.05, 0.1) is 6.54 Å². The zero-order valence-electron chi connectivity index (χ0n) is 13.4. The lowest BCUT2D eigenvalue weighted by Crippen LogP contribution is -2.37. The van der Waals surface area contributed by atoms with Crippen LogP contribution in [0.2, 0.25) is 0 Å². The number of imide groups is 1. The second-order valence-electron chi connectivity index (χ2n) is 6.38. The number of carbonyl (C=O) groups is 4. The van der Waals surface area contributed by atoms with E-state index in [0.717, 1.165) is 0 Å². The molecule has 0 unspecified atom stereocenters. The van der Waals surface area contributed by atoms with Gasteiger partial charge in [0.1, 0.15) is 11.7 Å². The van der Waals surface area contributed by atoms with E-state index in [9.17, 15) is 19.2 Å². The van der Waals surface area contributed by atoms with Crippen molar-refractivity contribution in [2.24, 2.45) is 0 Å². The highest BCUT2D eigenvalue weighted by atomic mass is 16.8. The van der Waals surface area contributed by atoms with Gasteiger partial charge in [-0.3, -0.25) is 14.4 Å². The fourth-order valence-corrected chi connectivity index (χ4v) is 2.21. The first-order valence-electron chi connectivity index (χ1n) is 7.38. The normalized spacial score (nSPS) is 21.6. The highest BCUT2D eigenvalue weighted by Crippen LogP contribution is 2.19. The number of likely N-dealkylation sites (tertiary alicyclic amines) is 1. The van der Waals surface area contributed by atoms with Crippen molar-refractivity contribution in [2.75, 3.05) is 13.1 Å². The van der Waals surface area contributed by atoms with Gasteiger partial charge in [-0.15, -0.1) is 0 Å². The van der Waals surface area contributed by atoms with Crippen LogP contribution >= 0.6 is 0 Å². The van der Waals surface area contributed by atoms with E-state index in [1.54, 1.807) is 20.8 Å². The van der Waals surface area contributed by atoms with E-state index >= 15 is 0 Å². The van der Waals surface area contributed by atoms with Crippen LogP contribution < -0.4 is 0 Å². The second kappa shape index (κ2) is 6.43. The largest absolute Gasteiger partial charge is 0.534 e. The number of hydrogen-bond donors (Lipinski definition) is 0. The van der Waals surface area contributed by atoms with Gasteiger partial charge in [-0.25, -0.2) is 9.59 Å². The van der Waals surface area contributed by atoms with Gasteiger partial charge in [0.2, 0.25) is 0 Å². The summed E-state index contributed by atoms with van der Waals surface area (Å²) in [6.45, 7) is 5.84. The van der Waals surface area contributed by atoms with E-state index in [0.29, 0.717) is 18.0 Å². The van der Waals surface area contributed by atoms with Gasteiger partial charge >= 0.3 is 12.2 Å². The minimum atomic E-state index is -1.13. The lowest BCUT2D eigenvalue weighted by atomic mass is 10.2. The van der Waals surface area contributed by atoms with Crippen LogP contribution in [-0.2, 0) is 23.9 Å². The molecule has 0 aliphatic carbocycles. The molecular formula is C14H20N2O7. The predicted molar refractivity (Wildman–Crippen MR) is 74.9 cm³/mol. The van der Waals surface area contributed by atoms with Crippen LogP contribution in [0.5, 0.6) is 0 Å². The van der Waals surface area contributed by atoms with Gasteiger partial charge in [0.15, 0.2) is 0 Å². The van der Waals surface area contributed by atoms with Crippen molar-refractivity contribution < 1.29 is 33.5 Å². The molecule has 2 rings (SSSR count). The van der Waals surface area contributed by atoms with Crippen LogP contribution in [0.1, 0.15) is 40.0 Å². The molecule has 0 bridgehead atoms. The Labute approximate surface area is 133 Å². The summed E-state index contributed by atoms with van der Waals surface area (Å²) in [7, 11) is 0. The van der Waals surface area contributed by atoms with Crippen molar-refractivity contribution in [1.82, 2.24) is 9.96 Å². The van der Waals surface area contributed by atoms with Gasteiger partial charge < -0.3 is 14.4 Å². The molecule has 1 atom stereocenters. The molecule has 9 heteroatoms. The summed E-state index contributed by atoms with van der Waals surface area (Å²) in [6, 6.07) is 0. The number of nitrogens with zero attached hydrogens (tertiary/aromatic N) is 2. The van der Waals surface area contributed by atoms with Crippen LogP contribution in [0, 0.1) is 0 Å².